The lowest BCUT2D eigenvalue weighted by Gasteiger charge is -2.18. The molecule has 1 aromatic carbocycles. The van der Waals surface area contributed by atoms with Crippen LogP contribution in [0.3, 0.4) is 0 Å². The Morgan fingerprint density at radius 3 is 2.46 bits per heavy atom. The summed E-state index contributed by atoms with van der Waals surface area (Å²) in [5.41, 5.74) is 2.82. The van der Waals surface area contributed by atoms with Gasteiger partial charge in [0, 0.05) is 6.08 Å². The van der Waals surface area contributed by atoms with Gasteiger partial charge in [0.15, 0.2) is 5.13 Å². The number of aromatic nitrogens is 1. The van der Waals surface area contributed by atoms with Crippen LogP contribution < -0.4 is 5.32 Å². The second-order valence-electron chi connectivity index (χ2n) is 6.85. The van der Waals surface area contributed by atoms with Crippen LogP contribution in [0.1, 0.15) is 54.2 Å². The SMILES string of the molecule is CCOC(=O)c1sc(NC(=O)/C=C/c2ccc(C(C)(C)C)cc2)nc1C. The van der Waals surface area contributed by atoms with E-state index in [1.54, 1.807) is 19.9 Å². The monoisotopic (exact) mass is 372 g/mol. The Morgan fingerprint density at radius 2 is 1.88 bits per heavy atom. The topological polar surface area (TPSA) is 68.3 Å². The van der Waals surface area contributed by atoms with E-state index in [1.807, 2.05) is 12.1 Å². The number of anilines is 1. The lowest BCUT2D eigenvalue weighted by atomic mass is 9.87. The third-order valence-electron chi connectivity index (χ3n) is 3.69. The van der Waals surface area contributed by atoms with Crippen LogP contribution in [-0.2, 0) is 14.9 Å². The van der Waals surface area contributed by atoms with Crippen LogP contribution in [-0.4, -0.2) is 23.5 Å². The molecule has 0 saturated carbocycles. The van der Waals surface area contributed by atoms with Crippen molar-refractivity contribution in [3.63, 3.8) is 0 Å². The smallest absolute Gasteiger partial charge is 0.350 e. The standard InChI is InChI=1S/C20H24N2O3S/c1-6-25-18(24)17-13(2)21-19(26-17)22-16(23)12-9-14-7-10-15(11-8-14)20(3,4)5/h7-12H,6H2,1-5H3,(H,21,22,23)/b12-9+. The van der Waals surface area contributed by atoms with Crippen molar-refractivity contribution in [2.24, 2.45) is 0 Å². The number of carbonyl (C=O) groups is 2. The van der Waals surface area contributed by atoms with Crippen molar-refractivity contribution in [3.8, 4) is 0 Å². The van der Waals surface area contributed by atoms with Crippen LogP contribution in [0, 0.1) is 6.92 Å². The molecule has 0 aliphatic carbocycles. The number of esters is 1. The molecule has 138 valence electrons. The Morgan fingerprint density at radius 1 is 1.23 bits per heavy atom. The van der Waals surface area contributed by atoms with Gasteiger partial charge in [-0.1, -0.05) is 56.4 Å². The highest BCUT2D eigenvalue weighted by atomic mass is 32.1. The maximum atomic E-state index is 12.1. The first kappa shape index (κ1) is 19.8. The maximum absolute atomic E-state index is 12.1. The van der Waals surface area contributed by atoms with Crippen molar-refractivity contribution in [1.82, 2.24) is 4.98 Å². The molecule has 0 spiro atoms. The van der Waals surface area contributed by atoms with E-state index in [9.17, 15) is 9.59 Å². The molecule has 6 heteroatoms. The first-order chi connectivity index (χ1) is 12.2. The van der Waals surface area contributed by atoms with Gasteiger partial charge in [0.1, 0.15) is 4.88 Å². The molecule has 0 fully saturated rings. The molecule has 0 aliphatic heterocycles. The molecule has 0 saturated heterocycles. The lowest BCUT2D eigenvalue weighted by molar-refractivity contribution is -0.111. The molecule has 0 bridgehead atoms. The van der Waals surface area contributed by atoms with Crippen molar-refractivity contribution >= 4 is 34.4 Å². The summed E-state index contributed by atoms with van der Waals surface area (Å²) in [5.74, 6) is -0.716. The molecule has 5 nitrogen and oxygen atoms in total. The van der Waals surface area contributed by atoms with Gasteiger partial charge >= 0.3 is 5.97 Å². The zero-order valence-electron chi connectivity index (χ0n) is 15.8. The summed E-state index contributed by atoms with van der Waals surface area (Å²) in [5, 5.41) is 3.06. The van der Waals surface area contributed by atoms with E-state index >= 15 is 0 Å². The van der Waals surface area contributed by atoms with Crippen molar-refractivity contribution < 1.29 is 14.3 Å². The molecule has 1 aromatic heterocycles. The fraction of sp³-hybridized carbons (Fsp3) is 0.350. The molecule has 1 heterocycles. The predicted molar refractivity (Wildman–Crippen MR) is 106 cm³/mol. The number of hydrogen-bond donors (Lipinski definition) is 1. The number of amides is 1. The van der Waals surface area contributed by atoms with E-state index < -0.39 is 5.97 Å². The van der Waals surface area contributed by atoms with E-state index in [1.165, 1.54) is 11.6 Å². The van der Waals surface area contributed by atoms with Crippen LogP contribution >= 0.6 is 11.3 Å². The van der Waals surface area contributed by atoms with E-state index in [2.05, 4.69) is 43.2 Å². The normalized spacial score (nSPS) is 11.6. The fourth-order valence-electron chi connectivity index (χ4n) is 2.25. The highest BCUT2D eigenvalue weighted by Crippen LogP contribution is 2.24. The highest BCUT2D eigenvalue weighted by Gasteiger charge is 2.17. The highest BCUT2D eigenvalue weighted by molar-refractivity contribution is 7.17. The molecule has 1 N–H and O–H groups in total. The number of ether oxygens (including phenoxy) is 1. The molecule has 0 radical (unpaired) electrons. The largest absolute Gasteiger partial charge is 0.462 e. The Balaban J connectivity index is 2.01. The van der Waals surface area contributed by atoms with Gasteiger partial charge in [-0.2, -0.15) is 0 Å². The molecular weight excluding hydrogens is 348 g/mol. The number of benzene rings is 1. The van der Waals surface area contributed by atoms with E-state index in [0.29, 0.717) is 22.3 Å². The minimum Gasteiger partial charge on any atom is -0.462 e. The van der Waals surface area contributed by atoms with Gasteiger partial charge in [-0.15, -0.1) is 0 Å². The Bertz CT molecular complexity index is 815. The number of aryl methyl sites for hydroxylation is 1. The summed E-state index contributed by atoms with van der Waals surface area (Å²) in [6.07, 6.45) is 3.20. The van der Waals surface area contributed by atoms with Crippen LogP contribution in [0.5, 0.6) is 0 Å². The first-order valence-corrected chi connectivity index (χ1v) is 9.26. The summed E-state index contributed by atoms with van der Waals surface area (Å²) in [7, 11) is 0. The number of hydrogen-bond acceptors (Lipinski definition) is 5. The minimum absolute atomic E-state index is 0.0962. The predicted octanol–water partition coefficient (Wildman–Crippen LogP) is 4.58. The number of thiazole rings is 1. The van der Waals surface area contributed by atoms with E-state index in [-0.39, 0.29) is 11.3 Å². The van der Waals surface area contributed by atoms with Crippen LogP contribution in [0.4, 0.5) is 5.13 Å². The lowest BCUT2D eigenvalue weighted by Crippen LogP contribution is -2.10. The second-order valence-corrected chi connectivity index (χ2v) is 7.85. The second kappa shape index (κ2) is 8.27. The maximum Gasteiger partial charge on any atom is 0.350 e. The van der Waals surface area contributed by atoms with Crippen molar-refractivity contribution in [2.75, 3.05) is 11.9 Å². The summed E-state index contributed by atoms with van der Waals surface area (Å²) >= 11 is 1.11. The van der Waals surface area contributed by atoms with Crippen molar-refractivity contribution in [2.45, 2.75) is 40.0 Å². The van der Waals surface area contributed by atoms with Crippen molar-refractivity contribution in [1.29, 1.82) is 0 Å². The molecular formula is C20H24N2O3S. The van der Waals surface area contributed by atoms with Gasteiger partial charge in [-0.3, -0.25) is 10.1 Å². The van der Waals surface area contributed by atoms with Crippen LogP contribution in [0.2, 0.25) is 0 Å². The molecule has 26 heavy (non-hydrogen) atoms. The molecule has 0 aliphatic rings. The Kier molecular flexibility index (Phi) is 6.32. The summed E-state index contributed by atoms with van der Waals surface area (Å²) in [6, 6.07) is 8.09. The Labute approximate surface area is 158 Å². The Hall–Kier alpha value is -2.47. The molecule has 0 unspecified atom stereocenters. The fourth-order valence-corrected chi connectivity index (χ4v) is 3.11. The molecule has 2 rings (SSSR count). The van der Waals surface area contributed by atoms with Crippen LogP contribution in [0.25, 0.3) is 6.08 Å². The summed E-state index contributed by atoms with van der Waals surface area (Å²) in [6.45, 7) is 10.2. The number of nitrogens with zero attached hydrogens (tertiary/aromatic N) is 1. The van der Waals surface area contributed by atoms with Gasteiger partial charge < -0.3 is 4.74 Å². The third-order valence-corrected chi connectivity index (χ3v) is 4.74. The van der Waals surface area contributed by atoms with Gasteiger partial charge in [0.05, 0.1) is 12.3 Å². The average molecular weight is 372 g/mol. The van der Waals surface area contributed by atoms with Gasteiger partial charge in [0.25, 0.3) is 0 Å². The quantitative estimate of drug-likeness (QED) is 0.616. The van der Waals surface area contributed by atoms with Gasteiger partial charge in [0.2, 0.25) is 5.91 Å². The molecule has 1 amide bonds. The molecule has 0 atom stereocenters. The van der Waals surface area contributed by atoms with E-state index in [4.69, 9.17) is 4.74 Å². The average Bonchev–Trinajstić information content (AvgIpc) is 2.93. The zero-order chi connectivity index (χ0) is 19.3. The number of nitrogens with one attached hydrogen (secondary N) is 1. The zero-order valence-corrected chi connectivity index (χ0v) is 16.6. The minimum atomic E-state index is -0.419. The van der Waals surface area contributed by atoms with E-state index in [0.717, 1.165) is 16.9 Å². The van der Waals surface area contributed by atoms with Crippen molar-refractivity contribution in [3.05, 3.63) is 52.0 Å². The third kappa shape index (κ3) is 5.26. The summed E-state index contributed by atoms with van der Waals surface area (Å²) in [4.78, 5) is 28.5. The first-order valence-electron chi connectivity index (χ1n) is 8.45. The van der Waals surface area contributed by atoms with Gasteiger partial charge in [-0.25, -0.2) is 9.78 Å². The van der Waals surface area contributed by atoms with Gasteiger partial charge in [-0.05, 0) is 36.5 Å². The summed E-state index contributed by atoms with van der Waals surface area (Å²) < 4.78 is 4.97. The number of rotatable bonds is 5. The van der Waals surface area contributed by atoms with Crippen LogP contribution in [0.15, 0.2) is 30.3 Å². The number of carbonyl (C=O) groups excluding carboxylic acids is 2. The molecule has 2 aromatic rings.